The summed E-state index contributed by atoms with van der Waals surface area (Å²) in [6.07, 6.45) is -1.07. The van der Waals surface area contributed by atoms with Crippen LogP contribution < -0.4 is 21.7 Å². The van der Waals surface area contributed by atoms with Crippen LogP contribution in [-0.2, 0) is 30.4 Å². The number of phenols is 1. The smallest absolute Gasteiger partial charge is 0.326 e. The molecule has 0 fully saturated rings. The number of aromatic hydroxyl groups is 1. The van der Waals surface area contributed by atoms with E-state index in [1.807, 2.05) is 10.6 Å². The van der Waals surface area contributed by atoms with Crippen molar-refractivity contribution in [2.75, 3.05) is 13.2 Å². The number of phenolic OH excluding ortho intramolecular Hbond substituents is 1. The Labute approximate surface area is 187 Å². The van der Waals surface area contributed by atoms with E-state index in [9.17, 15) is 39.3 Å². The average molecular weight is 470 g/mol. The first-order valence-corrected chi connectivity index (χ1v) is 9.59. The van der Waals surface area contributed by atoms with E-state index < -0.39 is 73.5 Å². The van der Waals surface area contributed by atoms with Crippen LogP contribution in [0.3, 0.4) is 0 Å². The van der Waals surface area contributed by atoms with E-state index in [0.29, 0.717) is 5.56 Å². The van der Waals surface area contributed by atoms with Gasteiger partial charge in [-0.05, 0) is 17.7 Å². The predicted octanol–water partition coefficient (Wildman–Crippen LogP) is -3.74. The number of benzene rings is 1. The highest BCUT2D eigenvalue weighted by molar-refractivity contribution is 5.95. The molecular weight excluding hydrogens is 444 g/mol. The van der Waals surface area contributed by atoms with E-state index >= 15 is 0 Å². The number of nitrogens with one attached hydrogen (secondary N) is 3. The molecule has 4 unspecified atom stereocenters. The van der Waals surface area contributed by atoms with Crippen molar-refractivity contribution in [2.24, 2.45) is 5.73 Å². The van der Waals surface area contributed by atoms with Crippen LogP contribution in [0.1, 0.15) is 12.0 Å². The third-order valence-corrected chi connectivity index (χ3v) is 4.35. The molecule has 4 atom stereocenters. The van der Waals surface area contributed by atoms with Gasteiger partial charge in [-0.3, -0.25) is 19.2 Å². The number of carbonyl (C=O) groups is 5. The van der Waals surface area contributed by atoms with Gasteiger partial charge >= 0.3 is 11.9 Å². The Morgan fingerprint density at radius 1 is 0.788 bits per heavy atom. The van der Waals surface area contributed by atoms with Crippen molar-refractivity contribution in [2.45, 2.75) is 37.0 Å². The van der Waals surface area contributed by atoms with E-state index in [0.717, 1.165) is 0 Å². The largest absolute Gasteiger partial charge is 0.508 e. The Balaban J connectivity index is 2.88. The van der Waals surface area contributed by atoms with Crippen LogP contribution in [0.5, 0.6) is 5.75 Å². The minimum absolute atomic E-state index is 0.0410. The van der Waals surface area contributed by atoms with Crippen LogP contribution >= 0.6 is 0 Å². The number of carbonyl (C=O) groups excluding carboxylic acids is 3. The molecule has 3 amide bonds. The van der Waals surface area contributed by atoms with Gasteiger partial charge in [0.2, 0.25) is 17.7 Å². The van der Waals surface area contributed by atoms with Crippen molar-refractivity contribution >= 4 is 29.7 Å². The van der Waals surface area contributed by atoms with E-state index in [1.54, 1.807) is 0 Å². The number of hydrogen-bond donors (Lipinski definition) is 9. The number of hydrogen-bond acceptors (Lipinski definition) is 9. The Morgan fingerprint density at radius 3 is 1.79 bits per heavy atom. The van der Waals surface area contributed by atoms with Gasteiger partial charge in [-0.15, -0.1) is 0 Å². The quantitative estimate of drug-likeness (QED) is 0.135. The number of amides is 3. The van der Waals surface area contributed by atoms with Crippen LogP contribution in [0.15, 0.2) is 24.3 Å². The van der Waals surface area contributed by atoms with Gasteiger partial charge in [0.05, 0.1) is 19.6 Å². The molecule has 14 heteroatoms. The molecule has 0 aliphatic carbocycles. The molecule has 0 spiro atoms. The van der Waals surface area contributed by atoms with E-state index in [4.69, 9.17) is 15.9 Å². The Morgan fingerprint density at radius 2 is 1.30 bits per heavy atom. The fourth-order valence-electron chi connectivity index (χ4n) is 2.55. The lowest BCUT2D eigenvalue weighted by Gasteiger charge is -2.23. The van der Waals surface area contributed by atoms with Crippen LogP contribution in [-0.4, -0.2) is 92.6 Å². The van der Waals surface area contributed by atoms with Gasteiger partial charge in [-0.25, -0.2) is 4.79 Å². The summed E-state index contributed by atoms with van der Waals surface area (Å²) in [5.74, 6) is -6.18. The summed E-state index contributed by atoms with van der Waals surface area (Å²) in [5, 5.41) is 52.2. The third kappa shape index (κ3) is 9.10. The Bertz CT molecular complexity index is 861. The fourth-order valence-corrected chi connectivity index (χ4v) is 2.55. The molecule has 1 rings (SSSR count). The van der Waals surface area contributed by atoms with Crippen molar-refractivity contribution < 1.29 is 49.5 Å². The van der Waals surface area contributed by atoms with E-state index in [2.05, 4.69) is 5.32 Å². The van der Waals surface area contributed by atoms with Gasteiger partial charge in [0.15, 0.2) is 0 Å². The minimum atomic E-state index is -1.69. The maximum atomic E-state index is 12.4. The van der Waals surface area contributed by atoms with Crippen molar-refractivity contribution in [3.63, 3.8) is 0 Å². The zero-order valence-corrected chi connectivity index (χ0v) is 17.3. The summed E-state index contributed by atoms with van der Waals surface area (Å²) in [5.41, 5.74) is 5.78. The molecule has 0 radical (unpaired) electrons. The lowest BCUT2D eigenvalue weighted by Crippen LogP contribution is -2.58. The molecule has 0 aromatic heterocycles. The van der Waals surface area contributed by atoms with Gasteiger partial charge < -0.3 is 47.2 Å². The van der Waals surface area contributed by atoms with Gasteiger partial charge in [0, 0.05) is 6.42 Å². The maximum absolute atomic E-state index is 12.4. The second-order valence-corrected chi connectivity index (χ2v) is 6.96. The number of carboxylic acid groups (broad SMARTS) is 2. The van der Waals surface area contributed by atoms with E-state index in [-0.39, 0.29) is 12.2 Å². The van der Waals surface area contributed by atoms with E-state index in [1.165, 1.54) is 24.3 Å². The summed E-state index contributed by atoms with van der Waals surface area (Å²) in [6, 6.07) is -0.704. The first kappa shape index (κ1) is 27.3. The first-order chi connectivity index (χ1) is 15.5. The summed E-state index contributed by atoms with van der Waals surface area (Å²) in [4.78, 5) is 59.2. The molecule has 1 aromatic carbocycles. The molecule has 10 N–H and O–H groups in total. The van der Waals surface area contributed by atoms with Crippen LogP contribution in [0, 0.1) is 0 Å². The van der Waals surface area contributed by atoms with Crippen molar-refractivity contribution in [3.8, 4) is 5.75 Å². The third-order valence-electron chi connectivity index (χ3n) is 4.35. The first-order valence-electron chi connectivity index (χ1n) is 9.59. The summed E-state index contributed by atoms with van der Waals surface area (Å²) in [6.45, 7) is -1.74. The van der Waals surface area contributed by atoms with Crippen LogP contribution in [0.4, 0.5) is 0 Å². The molecule has 1 aromatic rings. The van der Waals surface area contributed by atoms with Crippen molar-refractivity contribution in [3.05, 3.63) is 29.8 Å². The topological polar surface area (TPSA) is 249 Å². The molecule has 0 saturated heterocycles. The van der Waals surface area contributed by atoms with Gasteiger partial charge in [0.1, 0.15) is 29.9 Å². The minimum Gasteiger partial charge on any atom is -0.508 e. The second-order valence-electron chi connectivity index (χ2n) is 6.96. The molecule has 182 valence electrons. The molecular formula is C19H26N4O10. The number of aliphatic hydroxyl groups is 2. The SMILES string of the molecule is NC(CO)C(=O)NC(CC(=O)O)C(=O)NC(CO)C(=O)NC(Cc1ccc(O)cc1)C(=O)O. The molecule has 0 saturated carbocycles. The van der Waals surface area contributed by atoms with Gasteiger partial charge in [-0.1, -0.05) is 12.1 Å². The zero-order valence-electron chi connectivity index (χ0n) is 17.3. The molecule has 33 heavy (non-hydrogen) atoms. The second kappa shape index (κ2) is 12.9. The predicted molar refractivity (Wildman–Crippen MR) is 110 cm³/mol. The molecule has 14 nitrogen and oxygen atoms in total. The van der Waals surface area contributed by atoms with Crippen molar-refractivity contribution in [1.82, 2.24) is 16.0 Å². The molecule has 0 aliphatic heterocycles. The number of aliphatic carboxylic acids is 2. The van der Waals surface area contributed by atoms with Gasteiger partial charge in [-0.2, -0.15) is 0 Å². The highest BCUT2D eigenvalue weighted by Gasteiger charge is 2.31. The monoisotopic (exact) mass is 470 g/mol. The number of aliphatic hydroxyl groups excluding tert-OH is 2. The molecule has 0 bridgehead atoms. The average Bonchev–Trinajstić information content (AvgIpc) is 2.76. The number of carboxylic acids is 2. The zero-order chi connectivity index (χ0) is 25.1. The maximum Gasteiger partial charge on any atom is 0.326 e. The van der Waals surface area contributed by atoms with Crippen molar-refractivity contribution in [1.29, 1.82) is 0 Å². The lowest BCUT2D eigenvalue weighted by atomic mass is 10.1. The highest BCUT2D eigenvalue weighted by atomic mass is 16.4. The highest BCUT2D eigenvalue weighted by Crippen LogP contribution is 2.11. The summed E-state index contributed by atoms with van der Waals surface area (Å²) < 4.78 is 0. The number of nitrogens with two attached hydrogens (primary N) is 1. The Hall–Kier alpha value is -3.75. The standard InChI is InChI=1S/C19H26N4O10/c20-11(7-24)16(29)21-12(6-15(27)28)17(30)23-14(8-25)18(31)22-13(19(32)33)5-9-1-3-10(26)4-2-9/h1-4,11-14,24-26H,5-8,20H2,(H,21,29)(H,22,31)(H,23,30)(H,27,28)(H,32,33). The molecule has 0 aliphatic rings. The van der Waals surface area contributed by atoms with Crippen LogP contribution in [0.2, 0.25) is 0 Å². The summed E-state index contributed by atoms with van der Waals surface area (Å²) in [7, 11) is 0. The fraction of sp³-hybridized carbons (Fsp3) is 0.421. The Kier molecular flexibility index (Phi) is 10.7. The lowest BCUT2D eigenvalue weighted by molar-refractivity contribution is -0.143. The normalized spacial score (nSPS) is 14.3. The number of rotatable bonds is 13. The van der Waals surface area contributed by atoms with Crippen LogP contribution in [0.25, 0.3) is 0 Å². The molecule has 0 heterocycles. The van der Waals surface area contributed by atoms with Gasteiger partial charge in [0.25, 0.3) is 0 Å². The summed E-state index contributed by atoms with van der Waals surface area (Å²) >= 11 is 0.